The molecule has 1 aliphatic heterocycles. The number of fused-ring (bicyclic) bond motifs is 1. The lowest BCUT2D eigenvalue weighted by Crippen LogP contribution is -2.72. The second-order valence-corrected chi connectivity index (χ2v) is 8.99. The number of hydrogen-bond donors (Lipinski definition) is 3. The molecular weight excluding hydrogens is 432 g/mol. The number of carbonyl (C=O) groups excluding carboxylic acids is 1. The van der Waals surface area contributed by atoms with Gasteiger partial charge in [0.15, 0.2) is 0 Å². The number of benzene rings is 2. The third-order valence-corrected chi connectivity index (χ3v) is 6.66. The number of pyridine rings is 1. The van der Waals surface area contributed by atoms with Crippen LogP contribution in [0.2, 0.25) is 0 Å². The first-order valence-electron chi connectivity index (χ1n) is 11.5. The van der Waals surface area contributed by atoms with Crippen molar-refractivity contribution >= 4 is 29.3 Å². The zero-order valence-corrected chi connectivity index (χ0v) is 19.7. The molecule has 3 aromatic rings. The van der Waals surface area contributed by atoms with Crippen LogP contribution in [-0.4, -0.2) is 52.9 Å². The molecule has 1 amide bonds. The number of nitrogens with two attached hydrogens (primary N) is 1. The van der Waals surface area contributed by atoms with Gasteiger partial charge in [0.1, 0.15) is 0 Å². The largest absolute Gasteiger partial charge is 0.377 e. The molecule has 1 aromatic heterocycles. The predicted octanol–water partition coefficient (Wildman–Crippen LogP) is 3.62. The first kappa shape index (κ1) is 23.7. The van der Waals surface area contributed by atoms with Crippen LogP contribution in [0.1, 0.15) is 35.2 Å². The molecule has 2 heterocycles. The summed E-state index contributed by atoms with van der Waals surface area (Å²) >= 11 is 4.41. The molecular formula is C26H32N4O2S. The maximum absolute atomic E-state index is 13.8. The van der Waals surface area contributed by atoms with Crippen molar-refractivity contribution in [1.29, 1.82) is 0 Å². The number of aromatic nitrogens is 1. The maximum atomic E-state index is 13.8. The van der Waals surface area contributed by atoms with E-state index in [0.29, 0.717) is 32.7 Å². The Balaban J connectivity index is 1.51. The summed E-state index contributed by atoms with van der Waals surface area (Å²) < 4.78 is 5.90. The van der Waals surface area contributed by atoms with Gasteiger partial charge in [-0.2, -0.15) is 12.6 Å². The fraction of sp³-hybridized carbons (Fsp3) is 0.385. The van der Waals surface area contributed by atoms with Crippen LogP contribution in [0.4, 0.5) is 0 Å². The molecule has 0 aliphatic carbocycles. The lowest BCUT2D eigenvalue weighted by Gasteiger charge is -2.49. The zero-order valence-electron chi connectivity index (χ0n) is 18.8. The number of rotatable bonds is 9. The quantitative estimate of drug-likeness (QED) is 0.333. The molecule has 1 fully saturated rings. The van der Waals surface area contributed by atoms with Crippen LogP contribution >= 0.6 is 12.6 Å². The Morgan fingerprint density at radius 2 is 2.06 bits per heavy atom. The summed E-state index contributed by atoms with van der Waals surface area (Å²) in [5.41, 5.74) is 7.94. The van der Waals surface area contributed by atoms with Crippen LogP contribution in [0.25, 0.3) is 10.8 Å². The second kappa shape index (κ2) is 11.1. The van der Waals surface area contributed by atoms with Gasteiger partial charge in [0.25, 0.3) is 5.91 Å². The fourth-order valence-corrected chi connectivity index (χ4v) is 4.82. The first-order valence-corrected chi connectivity index (χ1v) is 12.2. The molecule has 0 bridgehead atoms. The summed E-state index contributed by atoms with van der Waals surface area (Å²) in [6.07, 6.45) is 5.81. The van der Waals surface area contributed by atoms with Gasteiger partial charge in [-0.1, -0.05) is 42.5 Å². The van der Waals surface area contributed by atoms with E-state index < -0.39 is 5.66 Å². The fourth-order valence-electron chi connectivity index (χ4n) is 4.64. The average Bonchev–Trinajstić information content (AvgIpc) is 2.86. The van der Waals surface area contributed by atoms with E-state index in [1.165, 1.54) is 0 Å². The summed E-state index contributed by atoms with van der Waals surface area (Å²) in [5, 5.41) is 5.53. The summed E-state index contributed by atoms with van der Waals surface area (Å²) in [6, 6.07) is 17.7. The van der Waals surface area contributed by atoms with E-state index in [-0.39, 0.29) is 11.9 Å². The highest BCUT2D eigenvalue weighted by molar-refractivity contribution is 7.80. The van der Waals surface area contributed by atoms with Gasteiger partial charge < -0.3 is 15.4 Å². The molecule has 0 radical (unpaired) electrons. The van der Waals surface area contributed by atoms with Crippen molar-refractivity contribution in [3.8, 4) is 0 Å². The molecule has 1 aliphatic rings. The Labute approximate surface area is 200 Å². The van der Waals surface area contributed by atoms with E-state index >= 15 is 0 Å². The number of thiol groups is 1. The molecule has 0 saturated carbocycles. The Kier molecular flexibility index (Phi) is 7.98. The summed E-state index contributed by atoms with van der Waals surface area (Å²) in [5.74, 6) is 0.781. The SMILES string of the molecule is N[C@@]1(CCOCc2cccnc2)NCCN(C(=O)c2cccc3ccccc23)C1CCCS. The van der Waals surface area contributed by atoms with Crippen molar-refractivity contribution < 1.29 is 9.53 Å². The molecule has 3 N–H and O–H groups in total. The van der Waals surface area contributed by atoms with Gasteiger partial charge in [-0.25, -0.2) is 0 Å². The van der Waals surface area contributed by atoms with Gasteiger partial charge in [0, 0.05) is 37.5 Å². The molecule has 7 heteroatoms. The number of amides is 1. The Morgan fingerprint density at radius 1 is 1.21 bits per heavy atom. The molecule has 6 nitrogen and oxygen atoms in total. The van der Waals surface area contributed by atoms with Crippen molar-refractivity contribution in [2.24, 2.45) is 5.73 Å². The molecule has 1 saturated heterocycles. The van der Waals surface area contributed by atoms with Crippen molar-refractivity contribution in [1.82, 2.24) is 15.2 Å². The van der Waals surface area contributed by atoms with Gasteiger partial charge in [-0.3, -0.25) is 15.1 Å². The molecule has 1 unspecified atom stereocenters. The van der Waals surface area contributed by atoms with E-state index in [1.54, 1.807) is 12.4 Å². The molecule has 174 valence electrons. The number of carbonyl (C=O) groups is 1. The van der Waals surface area contributed by atoms with Crippen LogP contribution in [0, 0.1) is 0 Å². The molecule has 2 atom stereocenters. The third kappa shape index (κ3) is 5.55. The minimum absolute atomic E-state index is 0.0311. The Hall–Kier alpha value is -2.45. The summed E-state index contributed by atoms with van der Waals surface area (Å²) in [6.45, 7) is 2.25. The smallest absolute Gasteiger partial charge is 0.254 e. The van der Waals surface area contributed by atoms with Crippen LogP contribution in [0.3, 0.4) is 0 Å². The van der Waals surface area contributed by atoms with Crippen molar-refractivity contribution in [3.05, 3.63) is 78.1 Å². The monoisotopic (exact) mass is 464 g/mol. The highest BCUT2D eigenvalue weighted by Gasteiger charge is 2.43. The lowest BCUT2D eigenvalue weighted by atomic mass is 9.89. The van der Waals surface area contributed by atoms with E-state index in [4.69, 9.17) is 10.5 Å². The lowest BCUT2D eigenvalue weighted by molar-refractivity contribution is 0.0175. The van der Waals surface area contributed by atoms with Crippen LogP contribution in [-0.2, 0) is 11.3 Å². The zero-order chi connectivity index (χ0) is 23.1. The van der Waals surface area contributed by atoms with Crippen LogP contribution < -0.4 is 11.1 Å². The minimum atomic E-state index is -0.726. The maximum Gasteiger partial charge on any atom is 0.254 e. The van der Waals surface area contributed by atoms with Gasteiger partial charge in [0.05, 0.1) is 24.9 Å². The molecule has 33 heavy (non-hydrogen) atoms. The molecule has 0 spiro atoms. The van der Waals surface area contributed by atoms with E-state index in [9.17, 15) is 4.79 Å². The number of ether oxygens (including phenoxy) is 1. The van der Waals surface area contributed by atoms with Crippen LogP contribution in [0.15, 0.2) is 67.0 Å². The topological polar surface area (TPSA) is 80.5 Å². The predicted molar refractivity (Wildman–Crippen MR) is 135 cm³/mol. The molecule has 2 aromatic carbocycles. The van der Waals surface area contributed by atoms with Crippen LogP contribution in [0.5, 0.6) is 0 Å². The first-order chi connectivity index (χ1) is 16.1. The highest BCUT2D eigenvalue weighted by atomic mass is 32.1. The van der Waals surface area contributed by atoms with Crippen molar-refractivity contribution in [3.63, 3.8) is 0 Å². The van der Waals surface area contributed by atoms with Gasteiger partial charge in [0.2, 0.25) is 0 Å². The van der Waals surface area contributed by atoms with Gasteiger partial charge in [-0.05, 0) is 47.1 Å². The van der Waals surface area contributed by atoms with E-state index in [2.05, 4.69) is 22.9 Å². The van der Waals surface area contributed by atoms with E-state index in [0.717, 1.165) is 40.5 Å². The van der Waals surface area contributed by atoms with Gasteiger partial charge in [-0.15, -0.1) is 0 Å². The molecule has 4 rings (SSSR count). The van der Waals surface area contributed by atoms with Gasteiger partial charge >= 0.3 is 0 Å². The number of piperazine rings is 1. The Morgan fingerprint density at radius 3 is 2.88 bits per heavy atom. The van der Waals surface area contributed by atoms with Crippen molar-refractivity contribution in [2.45, 2.75) is 37.6 Å². The van der Waals surface area contributed by atoms with E-state index in [1.807, 2.05) is 59.5 Å². The Bertz CT molecular complexity index is 1060. The number of nitrogens with one attached hydrogen (secondary N) is 1. The average molecular weight is 465 g/mol. The number of hydrogen-bond acceptors (Lipinski definition) is 6. The third-order valence-electron chi connectivity index (χ3n) is 6.35. The normalized spacial score (nSPS) is 20.8. The second-order valence-electron chi connectivity index (χ2n) is 8.54. The minimum Gasteiger partial charge on any atom is -0.377 e. The standard InChI is InChI=1S/C26H32N4O2S/c27-26(12-16-32-19-20-6-4-13-28-18-20)24(11-5-17-33)30(15-14-29-26)25(31)23-10-3-8-21-7-1-2-9-22(21)23/h1-4,6-10,13,18,24,29,33H,5,11-12,14-17,19,27H2/t24?,26-/m0/s1. The summed E-state index contributed by atoms with van der Waals surface area (Å²) in [4.78, 5) is 19.9. The number of nitrogens with zero attached hydrogens (tertiary/aromatic N) is 2. The summed E-state index contributed by atoms with van der Waals surface area (Å²) in [7, 11) is 0. The van der Waals surface area contributed by atoms with Crippen molar-refractivity contribution in [2.75, 3.05) is 25.4 Å². The highest BCUT2D eigenvalue weighted by Crippen LogP contribution is 2.28.